The van der Waals surface area contributed by atoms with Gasteiger partial charge in [-0.25, -0.2) is 4.79 Å². The third-order valence-corrected chi connectivity index (χ3v) is 3.69. The average molecular weight is 289 g/mol. The van der Waals surface area contributed by atoms with Crippen LogP contribution in [0.2, 0.25) is 0 Å². The summed E-state index contributed by atoms with van der Waals surface area (Å²) in [4.78, 5) is 25.0. The van der Waals surface area contributed by atoms with E-state index in [0.29, 0.717) is 6.42 Å². The quantitative estimate of drug-likeness (QED) is 0.592. The number of carboxylic acids is 1. The number of hydrogen-bond acceptors (Lipinski definition) is 5. The minimum atomic E-state index is -0.958. The van der Waals surface area contributed by atoms with Gasteiger partial charge in [0, 0.05) is 13.1 Å². The van der Waals surface area contributed by atoms with E-state index in [9.17, 15) is 9.59 Å². The van der Waals surface area contributed by atoms with E-state index in [4.69, 9.17) is 5.11 Å². The van der Waals surface area contributed by atoms with Gasteiger partial charge in [0.05, 0.1) is 6.54 Å². The van der Waals surface area contributed by atoms with Gasteiger partial charge >= 0.3 is 5.97 Å². The normalized spacial score (nSPS) is 18.6. The zero-order valence-corrected chi connectivity index (χ0v) is 12.2. The standard InChI is InChI=1S/C12H23N3O3S/c1-19-8-3-10(12(17)18)14-11(16)9-15-6-2-4-13-5-7-15/h10,13H,2-9H2,1H3,(H,14,16)(H,17,18)/t10-/m1/s1. The molecule has 7 heteroatoms. The number of carboxylic acid groups (broad SMARTS) is 1. The molecule has 3 N–H and O–H groups in total. The molecule has 110 valence electrons. The Morgan fingerprint density at radius 2 is 2.21 bits per heavy atom. The van der Waals surface area contributed by atoms with Crippen LogP contribution in [-0.2, 0) is 9.59 Å². The number of nitrogens with zero attached hydrogens (tertiary/aromatic N) is 1. The van der Waals surface area contributed by atoms with Crippen molar-refractivity contribution in [3.05, 3.63) is 0 Å². The summed E-state index contributed by atoms with van der Waals surface area (Å²) in [7, 11) is 0. The Bertz CT molecular complexity index is 294. The van der Waals surface area contributed by atoms with Crippen molar-refractivity contribution in [3.8, 4) is 0 Å². The van der Waals surface area contributed by atoms with E-state index in [1.807, 2.05) is 6.26 Å². The summed E-state index contributed by atoms with van der Waals surface area (Å²) in [5, 5.41) is 14.9. The highest BCUT2D eigenvalue weighted by Gasteiger charge is 2.20. The fraction of sp³-hybridized carbons (Fsp3) is 0.833. The predicted molar refractivity (Wildman–Crippen MR) is 76.5 cm³/mol. The van der Waals surface area contributed by atoms with Gasteiger partial charge in [0.15, 0.2) is 0 Å². The van der Waals surface area contributed by atoms with Crippen molar-refractivity contribution in [2.24, 2.45) is 0 Å². The van der Waals surface area contributed by atoms with E-state index in [1.165, 1.54) is 0 Å². The number of amides is 1. The lowest BCUT2D eigenvalue weighted by molar-refractivity contribution is -0.142. The van der Waals surface area contributed by atoms with E-state index >= 15 is 0 Å². The van der Waals surface area contributed by atoms with Gasteiger partial charge in [0.2, 0.25) is 5.91 Å². The highest BCUT2D eigenvalue weighted by Crippen LogP contribution is 2.01. The van der Waals surface area contributed by atoms with E-state index < -0.39 is 12.0 Å². The van der Waals surface area contributed by atoms with Crippen molar-refractivity contribution in [2.75, 3.05) is 44.7 Å². The first-order valence-corrected chi connectivity index (χ1v) is 7.97. The number of rotatable bonds is 7. The summed E-state index contributed by atoms with van der Waals surface area (Å²) in [6.07, 6.45) is 3.40. The van der Waals surface area contributed by atoms with Gasteiger partial charge in [-0.05, 0) is 37.9 Å². The molecule has 0 aromatic rings. The fourth-order valence-corrected chi connectivity index (χ4v) is 2.47. The molecule has 0 saturated carbocycles. The van der Waals surface area contributed by atoms with Crippen molar-refractivity contribution >= 4 is 23.6 Å². The van der Waals surface area contributed by atoms with Crippen molar-refractivity contribution in [1.82, 2.24) is 15.5 Å². The molecule has 1 amide bonds. The SMILES string of the molecule is CSCC[C@@H](NC(=O)CN1CCCNCC1)C(=O)O. The van der Waals surface area contributed by atoms with Crippen LogP contribution >= 0.6 is 11.8 Å². The van der Waals surface area contributed by atoms with Crippen LogP contribution in [0.25, 0.3) is 0 Å². The maximum absolute atomic E-state index is 11.9. The first-order valence-electron chi connectivity index (χ1n) is 6.57. The minimum absolute atomic E-state index is 0.199. The monoisotopic (exact) mass is 289 g/mol. The molecule has 19 heavy (non-hydrogen) atoms. The van der Waals surface area contributed by atoms with Gasteiger partial charge < -0.3 is 15.7 Å². The number of carbonyl (C=O) groups is 2. The average Bonchev–Trinajstić information content (AvgIpc) is 2.62. The number of nitrogens with one attached hydrogen (secondary N) is 2. The van der Waals surface area contributed by atoms with Gasteiger partial charge in [-0.2, -0.15) is 11.8 Å². The van der Waals surface area contributed by atoms with Gasteiger partial charge in [0.1, 0.15) is 6.04 Å². The van der Waals surface area contributed by atoms with Crippen LogP contribution in [0.3, 0.4) is 0 Å². The number of hydrogen-bond donors (Lipinski definition) is 3. The Hall–Kier alpha value is -0.790. The Kier molecular flexibility index (Phi) is 7.85. The lowest BCUT2D eigenvalue weighted by Gasteiger charge is -2.20. The highest BCUT2D eigenvalue weighted by atomic mass is 32.2. The molecule has 0 aromatic heterocycles. The summed E-state index contributed by atoms with van der Waals surface area (Å²) >= 11 is 1.58. The molecule has 1 heterocycles. The van der Waals surface area contributed by atoms with Crippen LogP contribution in [0.1, 0.15) is 12.8 Å². The summed E-state index contributed by atoms with van der Waals surface area (Å²) < 4.78 is 0. The van der Waals surface area contributed by atoms with Crippen molar-refractivity contribution in [2.45, 2.75) is 18.9 Å². The van der Waals surface area contributed by atoms with Crippen molar-refractivity contribution in [3.63, 3.8) is 0 Å². The lowest BCUT2D eigenvalue weighted by Crippen LogP contribution is -2.46. The maximum atomic E-state index is 11.9. The second-order valence-electron chi connectivity index (χ2n) is 4.62. The van der Waals surface area contributed by atoms with Crippen LogP contribution in [0.4, 0.5) is 0 Å². The van der Waals surface area contributed by atoms with Crippen LogP contribution in [0.15, 0.2) is 0 Å². The van der Waals surface area contributed by atoms with Gasteiger partial charge in [-0.15, -0.1) is 0 Å². The molecule has 1 atom stereocenters. The maximum Gasteiger partial charge on any atom is 0.326 e. The molecule has 0 bridgehead atoms. The predicted octanol–water partition coefficient (Wildman–Crippen LogP) is -0.396. The van der Waals surface area contributed by atoms with Crippen molar-refractivity contribution < 1.29 is 14.7 Å². The lowest BCUT2D eigenvalue weighted by atomic mass is 10.2. The molecule has 1 aliphatic rings. The molecular weight excluding hydrogens is 266 g/mol. The summed E-state index contributed by atoms with van der Waals surface area (Å²) in [6, 6.07) is -0.773. The second kappa shape index (κ2) is 9.17. The third-order valence-electron chi connectivity index (χ3n) is 3.04. The summed E-state index contributed by atoms with van der Waals surface area (Å²) in [5.74, 6) is -0.430. The largest absolute Gasteiger partial charge is 0.480 e. The topological polar surface area (TPSA) is 81.7 Å². The second-order valence-corrected chi connectivity index (χ2v) is 5.61. The Morgan fingerprint density at radius 3 is 2.89 bits per heavy atom. The van der Waals surface area contributed by atoms with E-state index in [2.05, 4.69) is 15.5 Å². The highest BCUT2D eigenvalue weighted by molar-refractivity contribution is 7.98. The van der Waals surface area contributed by atoms with Crippen LogP contribution in [-0.4, -0.2) is 72.7 Å². The molecule has 1 rings (SSSR count). The summed E-state index contributed by atoms with van der Waals surface area (Å²) in [6.45, 7) is 3.84. The molecule has 1 fully saturated rings. The van der Waals surface area contributed by atoms with E-state index in [0.717, 1.165) is 38.4 Å². The first kappa shape index (κ1) is 16.3. The van der Waals surface area contributed by atoms with Crippen LogP contribution < -0.4 is 10.6 Å². The zero-order valence-electron chi connectivity index (χ0n) is 11.4. The Balaban J connectivity index is 2.36. The number of thioether (sulfide) groups is 1. The van der Waals surface area contributed by atoms with E-state index in [1.54, 1.807) is 11.8 Å². The molecule has 0 aliphatic carbocycles. The zero-order chi connectivity index (χ0) is 14.1. The Morgan fingerprint density at radius 1 is 1.42 bits per heavy atom. The summed E-state index contributed by atoms with van der Waals surface area (Å²) in [5.41, 5.74) is 0. The van der Waals surface area contributed by atoms with E-state index in [-0.39, 0.29) is 12.5 Å². The molecule has 6 nitrogen and oxygen atoms in total. The van der Waals surface area contributed by atoms with Gasteiger partial charge in [-0.3, -0.25) is 9.69 Å². The molecule has 0 aromatic carbocycles. The molecule has 1 saturated heterocycles. The number of aliphatic carboxylic acids is 1. The molecule has 0 spiro atoms. The van der Waals surface area contributed by atoms with Crippen molar-refractivity contribution in [1.29, 1.82) is 0 Å². The minimum Gasteiger partial charge on any atom is -0.480 e. The smallest absolute Gasteiger partial charge is 0.326 e. The fourth-order valence-electron chi connectivity index (χ4n) is 2.00. The Labute approximate surface area is 118 Å². The molecule has 0 unspecified atom stereocenters. The van der Waals surface area contributed by atoms with Crippen LogP contribution in [0.5, 0.6) is 0 Å². The number of carbonyl (C=O) groups excluding carboxylic acids is 1. The molecule has 1 aliphatic heterocycles. The van der Waals surface area contributed by atoms with Gasteiger partial charge in [0.25, 0.3) is 0 Å². The van der Waals surface area contributed by atoms with Crippen LogP contribution in [0, 0.1) is 0 Å². The first-order chi connectivity index (χ1) is 9.13. The molecular formula is C12H23N3O3S. The van der Waals surface area contributed by atoms with Gasteiger partial charge in [-0.1, -0.05) is 0 Å². The molecule has 0 radical (unpaired) electrons. The third kappa shape index (κ3) is 6.79.